The van der Waals surface area contributed by atoms with Crippen LogP contribution >= 0.6 is 0 Å². The van der Waals surface area contributed by atoms with Crippen molar-refractivity contribution in [2.75, 3.05) is 13.2 Å². The minimum absolute atomic E-state index is 0.368. The predicted octanol–water partition coefficient (Wildman–Crippen LogP) is 4.80. The summed E-state index contributed by atoms with van der Waals surface area (Å²) in [6.45, 7) is 5.09. The molecule has 0 aliphatic heterocycles. The number of unbranched alkanes of at least 4 members (excludes halogenated alkanes) is 10. The Kier molecular flexibility index (Phi) is 16.7. The van der Waals surface area contributed by atoms with Crippen LogP contribution in [0.2, 0.25) is 0 Å². The third-order valence-corrected chi connectivity index (χ3v) is 3.73. The van der Waals surface area contributed by atoms with Crippen LogP contribution in [0.15, 0.2) is 0 Å². The molecule has 0 aliphatic carbocycles. The molecule has 0 amide bonds. The fourth-order valence-electron chi connectivity index (χ4n) is 2.27. The second-order valence-electron chi connectivity index (χ2n) is 6.06. The van der Waals surface area contributed by atoms with Gasteiger partial charge in [0.25, 0.3) is 0 Å². The summed E-state index contributed by atoms with van der Waals surface area (Å²) in [7, 11) is 0. The Morgan fingerprint density at radius 3 is 1.29 bits per heavy atom. The van der Waals surface area contributed by atoms with Gasteiger partial charge in [-0.05, 0) is 12.8 Å². The lowest BCUT2D eigenvalue weighted by atomic mass is 10.1. The van der Waals surface area contributed by atoms with Crippen LogP contribution in [0.1, 0.15) is 90.9 Å². The van der Waals surface area contributed by atoms with E-state index in [1.54, 1.807) is 0 Å². The number of hydrogen-bond acceptors (Lipinski definition) is 4. The van der Waals surface area contributed by atoms with E-state index in [2.05, 4.69) is 25.7 Å². The molecule has 0 spiro atoms. The lowest BCUT2D eigenvalue weighted by Gasteiger charge is -2.01. The molecule has 24 heavy (non-hydrogen) atoms. The topological polar surface area (TPSA) is 52.6 Å². The van der Waals surface area contributed by atoms with E-state index in [1.807, 2.05) is 0 Å². The summed E-state index contributed by atoms with van der Waals surface area (Å²) >= 11 is 0. The van der Waals surface area contributed by atoms with Crippen molar-refractivity contribution in [3.63, 3.8) is 0 Å². The fourth-order valence-corrected chi connectivity index (χ4v) is 2.27. The second kappa shape index (κ2) is 17.8. The Balaban J connectivity index is 3.53. The quantitative estimate of drug-likeness (QED) is 0.198. The van der Waals surface area contributed by atoms with Crippen molar-refractivity contribution in [1.82, 2.24) is 0 Å². The minimum atomic E-state index is -0.653. The van der Waals surface area contributed by atoms with Crippen LogP contribution < -0.4 is 0 Å². The summed E-state index contributed by atoms with van der Waals surface area (Å²) in [4.78, 5) is 22.7. The minimum Gasteiger partial charge on any atom is -0.456 e. The van der Waals surface area contributed by atoms with Gasteiger partial charge < -0.3 is 9.47 Å². The van der Waals surface area contributed by atoms with Crippen molar-refractivity contribution in [2.24, 2.45) is 0 Å². The molecular weight excluding hydrogens is 304 g/mol. The van der Waals surface area contributed by atoms with Gasteiger partial charge in [0.2, 0.25) is 0 Å². The molecule has 0 aromatic rings. The number of carbonyl (C=O) groups is 2. The van der Waals surface area contributed by atoms with Gasteiger partial charge in [-0.2, -0.15) is 0 Å². The monoisotopic (exact) mass is 338 g/mol. The van der Waals surface area contributed by atoms with Crippen LogP contribution in [0.4, 0.5) is 0 Å². The summed E-state index contributed by atoms with van der Waals surface area (Å²) in [5.41, 5.74) is 0. The van der Waals surface area contributed by atoms with E-state index in [4.69, 9.17) is 9.47 Å². The van der Waals surface area contributed by atoms with Gasteiger partial charge in [-0.3, -0.25) is 0 Å². The molecule has 4 nitrogen and oxygen atoms in total. The molecule has 0 aliphatic rings. The normalized spacial score (nSPS) is 9.92. The molecule has 0 saturated heterocycles. The lowest BCUT2D eigenvalue weighted by molar-refractivity contribution is -0.138. The predicted molar refractivity (Wildman–Crippen MR) is 96.4 cm³/mol. The van der Waals surface area contributed by atoms with Gasteiger partial charge in [0.1, 0.15) is 0 Å². The SMILES string of the molecule is CCCCCCCCOC(=O)C#CC(=O)OCCCCCCCC. The first-order chi connectivity index (χ1) is 11.7. The molecule has 138 valence electrons. The zero-order valence-electron chi connectivity index (χ0n) is 15.5. The van der Waals surface area contributed by atoms with Crippen LogP contribution in [-0.4, -0.2) is 25.2 Å². The maximum absolute atomic E-state index is 11.4. The summed E-state index contributed by atoms with van der Waals surface area (Å²) < 4.78 is 9.92. The summed E-state index contributed by atoms with van der Waals surface area (Å²) in [6, 6.07) is 0. The van der Waals surface area contributed by atoms with Gasteiger partial charge in [0.05, 0.1) is 13.2 Å². The number of rotatable bonds is 14. The highest BCUT2D eigenvalue weighted by atomic mass is 16.5. The van der Waals surface area contributed by atoms with Gasteiger partial charge >= 0.3 is 11.9 Å². The van der Waals surface area contributed by atoms with Crippen molar-refractivity contribution in [1.29, 1.82) is 0 Å². The van der Waals surface area contributed by atoms with Gasteiger partial charge in [0, 0.05) is 11.8 Å². The number of carbonyl (C=O) groups excluding carboxylic acids is 2. The van der Waals surface area contributed by atoms with E-state index in [-0.39, 0.29) is 0 Å². The molecule has 0 fully saturated rings. The van der Waals surface area contributed by atoms with Crippen LogP contribution in [0, 0.1) is 11.8 Å². The number of hydrogen-bond donors (Lipinski definition) is 0. The Morgan fingerprint density at radius 1 is 0.583 bits per heavy atom. The smallest absolute Gasteiger partial charge is 0.384 e. The average molecular weight is 338 g/mol. The highest BCUT2D eigenvalue weighted by Crippen LogP contribution is 2.05. The van der Waals surface area contributed by atoms with Crippen molar-refractivity contribution in [3.05, 3.63) is 0 Å². The van der Waals surface area contributed by atoms with Crippen LogP contribution in [0.3, 0.4) is 0 Å². The molecule has 0 heterocycles. The number of esters is 2. The Morgan fingerprint density at radius 2 is 0.917 bits per heavy atom. The average Bonchev–Trinajstić information content (AvgIpc) is 2.58. The van der Waals surface area contributed by atoms with Crippen LogP contribution in [0.25, 0.3) is 0 Å². The van der Waals surface area contributed by atoms with Crippen LogP contribution in [-0.2, 0) is 19.1 Å². The molecule has 0 N–H and O–H groups in total. The molecule has 0 aromatic heterocycles. The van der Waals surface area contributed by atoms with E-state index in [1.165, 1.54) is 51.4 Å². The molecule has 0 rings (SSSR count). The molecule has 0 atom stereocenters. The largest absolute Gasteiger partial charge is 0.456 e. The third kappa shape index (κ3) is 16.9. The summed E-state index contributed by atoms with van der Waals surface area (Å²) in [5.74, 6) is 3.05. The Bertz CT molecular complexity index is 345. The molecule has 0 unspecified atom stereocenters. The van der Waals surface area contributed by atoms with Crippen molar-refractivity contribution in [2.45, 2.75) is 90.9 Å². The highest BCUT2D eigenvalue weighted by molar-refractivity contribution is 5.98. The first-order valence-electron chi connectivity index (χ1n) is 9.56. The Labute approximate surface area is 147 Å². The number of ether oxygens (including phenoxy) is 2. The molecule has 4 heteroatoms. The molecular formula is C20H34O4. The first kappa shape index (κ1) is 22.5. The van der Waals surface area contributed by atoms with Gasteiger partial charge in [-0.1, -0.05) is 78.1 Å². The fraction of sp³-hybridized carbons (Fsp3) is 0.800. The van der Waals surface area contributed by atoms with Gasteiger partial charge in [-0.15, -0.1) is 0 Å². The molecule has 0 radical (unpaired) electrons. The van der Waals surface area contributed by atoms with Gasteiger partial charge in [-0.25, -0.2) is 9.59 Å². The zero-order valence-corrected chi connectivity index (χ0v) is 15.5. The van der Waals surface area contributed by atoms with Gasteiger partial charge in [0.15, 0.2) is 0 Å². The van der Waals surface area contributed by atoms with Crippen molar-refractivity contribution >= 4 is 11.9 Å². The van der Waals surface area contributed by atoms with Crippen molar-refractivity contribution in [3.8, 4) is 11.8 Å². The maximum atomic E-state index is 11.4. The standard InChI is InChI=1S/C20H34O4/c1-3-5-7-9-11-13-17-23-19(21)15-16-20(22)24-18-14-12-10-8-6-4-2/h3-14,17-18H2,1-2H3. The Hall–Kier alpha value is -1.50. The molecule has 0 saturated carbocycles. The van der Waals surface area contributed by atoms with E-state index in [9.17, 15) is 9.59 Å². The molecule has 0 aromatic carbocycles. The zero-order chi connectivity index (χ0) is 17.9. The second-order valence-corrected chi connectivity index (χ2v) is 6.06. The highest BCUT2D eigenvalue weighted by Gasteiger charge is 2.00. The van der Waals surface area contributed by atoms with E-state index in [0.717, 1.165) is 25.7 Å². The van der Waals surface area contributed by atoms with E-state index in [0.29, 0.717) is 13.2 Å². The third-order valence-electron chi connectivity index (χ3n) is 3.73. The van der Waals surface area contributed by atoms with E-state index < -0.39 is 11.9 Å². The van der Waals surface area contributed by atoms with Crippen molar-refractivity contribution < 1.29 is 19.1 Å². The summed E-state index contributed by atoms with van der Waals surface area (Å²) in [6.07, 6.45) is 13.6. The van der Waals surface area contributed by atoms with E-state index >= 15 is 0 Å². The lowest BCUT2D eigenvalue weighted by Crippen LogP contribution is -2.06. The first-order valence-corrected chi connectivity index (χ1v) is 9.56. The van der Waals surface area contributed by atoms with Crippen LogP contribution in [0.5, 0.6) is 0 Å². The molecule has 0 bridgehead atoms. The summed E-state index contributed by atoms with van der Waals surface area (Å²) in [5, 5.41) is 0. The maximum Gasteiger partial charge on any atom is 0.384 e.